The molecule has 0 bridgehead atoms. The largest absolute Gasteiger partial charge is 0.508 e. The van der Waals surface area contributed by atoms with Crippen LogP contribution in [0.25, 0.3) is 0 Å². The summed E-state index contributed by atoms with van der Waals surface area (Å²) in [6, 6.07) is 4.51. The number of nitrogens with one attached hydrogen (secondary N) is 2. The summed E-state index contributed by atoms with van der Waals surface area (Å²) in [4.78, 5) is 41.8. The number of hydrogen-bond donors (Lipinski definition) is 3. The van der Waals surface area contributed by atoms with Crippen LogP contribution in [-0.4, -0.2) is 63.6 Å². The molecule has 0 aromatic heterocycles. The zero-order valence-electron chi connectivity index (χ0n) is 23.1. The van der Waals surface area contributed by atoms with Gasteiger partial charge in [-0.1, -0.05) is 31.9 Å². The molecule has 0 aliphatic heterocycles. The maximum Gasteiger partial charge on any atom is 0.408 e. The number of hydrogen-bond acceptors (Lipinski definition) is 6. The molecular weight excluding hydrogens is 478 g/mol. The minimum Gasteiger partial charge on any atom is -0.508 e. The highest BCUT2D eigenvalue weighted by atomic mass is 32.2. The molecular formula is C27H45N3O5S. The molecule has 3 amide bonds. The second-order valence-corrected chi connectivity index (χ2v) is 11.8. The Balaban J connectivity index is 3.45. The van der Waals surface area contributed by atoms with E-state index in [0.717, 1.165) is 19.3 Å². The summed E-state index contributed by atoms with van der Waals surface area (Å²) in [6.07, 6.45) is 4.44. The van der Waals surface area contributed by atoms with Gasteiger partial charge in [0.05, 0.1) is 0 Å². The first-order valence-corrected chi connectivity index (χ1v) is 14.0. The number of ether oxygens (including phenoxy) is 1. The first-order chi connectivity index (χ1) is 16.7. The Hall–Kier alpha value is -2.42. The number of benzene rings is 1. The molecule has 0 saturated carbocycles. The van der Waals surface area contributed by atoms with Gasteiger partial charge in [-0.25, -0.2) is 4.79 Å². The average molecular weight is 524 g/mol. The number of rotatable bonds is 12. The summed E-state index contributed by atoms with van der Waals surface area (Å²) in [5, 5.41) is 15.9. The van der Waals surface area contributed by atoms with Crippen LogP contribution in [0.5, 0.6) is 5.75 Å². The Morgan fingerprint density at radius 1 is 1.11 bits per heavy atom. The van der Waals surface area contributed by atoms with Crippen molar-refractivity contribution in [3.8, 4) is 5.75 Å². The van der Waals surface area contributed by atoms with Gasteiger partial charge in [-0.2, -0.15) is 11.8 Å². The average Bonchev–Trinajstić information content (AvgIpc) is 2.75. The zero-order valence-corrected chi connectivity index (χ0v) is 24.0. The standard InChI is InChI=1S/C27H45N3O5S/c1-9-10-11-16-28-23(32)22(19-13-12-14-20(31)18-19)30(26(2,3)4)24(33)21(15-17-36-8)29-25(34)35-27(5,6)7/h12-14,18,21-22,31H,9-11,15-17H2,1-8H3,(H,28,32)(H,29,34). The van der Waals surface area contributed by atoms with Gasteiger partial charge in [0.15, 0.2) is 0 Å². The first-order valence-electron chi connectivity index (χ1n) is 12.6. The lowest BCUT2D eigenvalue weighted by atomic mass is 9.95. The van der Waals surface area contributed by atoms with Gasteiger partial charge >= 0.3 is 6.09 Å². The second-order valence-electron chi connectivity index (χ2n) is 10.9. The summed E-state index contributed by atoms with van der Waals surface area (Å²) in [6.45, 7) is 13.4. The monoisotopic (exact) mass is 523 g/mol. The molecule has 3 N–H and O–H groups in total. The lowest BCUT2D eigenvalue weighted by Gasteiger charge is -2.43. The van der Waals surface area contributed by atoms with Crippen LogP contribution in [0, 0.1) is 0 Å². The maximum absolute atomic E-state index is 14.1. The Morgan fingerprint density at radius 2 is 1.78 bits per heavy atom. The predicted molar refractivity (Wildman–Crippen MR) is 146 cm³/mol. The van der Waals surface area contributed by atoms with E-state index < -0.39 is 29.3 Å². The maximum atomic E-state index is 14.1. The van der Waals surface area contributed by atoms with Gasteiger partial charge in [0, 0.05) is 12.1 Å². The highest BCUT2D eigenvalue weighted by molar-refractivity contribution is 7.98. The molecule has 0 radical (unpaired) electrons. The molecule has 2 atom stereocenters. The van der Waals surface area contributed by atoms with Gasteiger partial charge in [-0.05, 0) is 84.1 Å². The van der Waals surface area contributed by atoms with Crippen molar-refractivity contribution < 1.29 is 24.2 Å². The Kier molecular flexibility index (Phi) is 12.6. The molecule has 1 rings (SSSR count). The topological polar surface area (TPSA) is 108 Å². The SMILES string of the molecule is CCCCCNC(=O)C(c1cccc(O)c1)N(C(=O)C(CCSC)NC(=O)OC(C)(C)C)C(C)(C)C. The number of aromatic hydroxyl groups is 1. The third kappa shape index (κ3) is 10.7. The van der Waals surface area contributed by atoms with Crippen molar-refractivity contribution in [2.24, 2.45) is 0 Å². The fourth-order valence-corrected chi connectivity index (χ4v) is 4.22. The smallest absolute Gasteiger partial charge is 0.408 e. The normalized spacial score (nSPS) is 13.4. The molecule has 204 valence electrons. The highest BCUT2D eigenvalue weighted by Crippen LogP contribution is 2.32. The van der Waals surface area contributed by atoms with Crippen LogP contribution in [0.3, 0.4) is 0 Å². The van der Waals surface area contributed by atoms with Crippen LogP contribution >= 0.6 is 11.8 Å². The van der Waals surface area contributed by atoms with Crippen molar-refractivity contribution in [1.82, 2.24) is 15.5 Å². The number of nitrogens with zero attached hydrogens (tertiary/aromatic N) is 1. The van der Waals surface area contributed by atoms with Crippen LogP contribution in [0.4, 0.5) is 4.79 Å². The van der Waals surface area contributed by atoms with Crippen LogP contribution in [0.15, 0.2) is 24.3 Å². The van der Waals surface area contributed by atoms with Crippen LogP contribution < -0.4 is 10.6 Å². The number of alkyl carbamates (subject to hydrolysis) is 1. The lowest BCUT2D eigenvalue weighted by molar-refractivity contribution is -0.148. The molecule has 1 aromatic rings. The van der Waals surface area contributed by atoms with Crippen molar-refractivity contribution in [2.75, 3.05) is 18.6 Å². The van der Waals surface area contributed by atoms with Gasteiger partial charge in [0.2, 0.25) is 11.8 Å². The van der Waals surface area contributed by atoms with E-state index in [9.17, 15) is 19.5 Å². The molecule has 0 fully saturated rings. The number of phenols is 1. The number of thioether (sulfide) groups is 1. The van der Waals surface area contributed by atoms with E-state index >= 15 is 0 Å². The van der Waals surface area contributed by atoms with Crippen LogP contribution in [-0.2, 0) is 14.3 Å². The molecule has 2 unspecified atom stereocenters. The van der Waals surface area contributed by atoms with Gasteiger partial charge in [0.1, 0.15) is 23.4 Å². The Morgan fingerprint density at radius 3 is 2.31 bits per heavy atom. The van der Waals surface area contributed by atoms with E-state index in [-0.39, 0.29) is 17.6 Å². The lowest BCUT2D eigenvalue weighted by Crippen LogP contribution is -2.58. The van der Waals surface area contributed by atoms with Crippen molar-refractivity contribution in [2.45, 2.75) is 97.4 Å². The molecule has 0 heterocycles. The summed E-state index contributed by atoms with van der Waals surface area (Å²) in [5.41, 5.74) is -1.00. The van der Waals surface area contributed by atoms with E-state index in [1.165, 1.54) is 17.0 Å². The molecule has 0 aliphatic carbocycles. The molecule has 36 heavy (non-hydrogen) atoms. The molecule has 0 spiro atoms. The molecule has 9 heteroatoms. The van der Waals surface area contributed by atoms with E-state index in [2.05, 4.69) is 17.6 Å². The van der Waals surface area contributed by atoms with Crippen molar-refractivity contribution in [3.63, 3.8) is 0 Å². The third-order valence-electron chi connectivity index (χ3n) is 5.33. The van der Waals surface area contributed by atoms with Crippen molar-refractivity contribution in [1.29, 1.82) is 0 Å². The second kappa shape index (κ2) is 14.4. The number of phenolic OH excluding ortho intramolecular Hbond substituents is 1. The fourth-order valence-electron chi connectivity index (χ4n) is 3.75. The fraction of sp³-hybridized carbons (Fsp3) is 0.667. The minimum atomic E-state index is -0.997. The third-order valence-corrected chi connectivity index (χ3v) is 5.98. The van der Waals surface area contributed by atoms with Crippen molar-refractivity contribution >= 4 is 29.7 Å². The quantitative estimate of drug-likeness (QED) is 0.332. The van der Waals surface area contributed by atoms with Gasteiger partial charge in [0.25, 0.3) is 0 Å². The van der Waals surface area contributed by atoms with E-state index in [0.29, 0.717) is 24.3 Å². The van der Waals surface area contributed by atoms with Gasteiger partial charge < -0.3 is 25.4 Å². The number of unbranched alkanes of at least 4 members (excludes halogenated alkanes) is 2. The van der Waals surface area contributed by atoms with E-state index in [4.69, 9.17) is 4.74 Å². The Bertz CT molecular complexity index is 864. The molecule has 8 nitrogen and oxygen atoms in total. The summed E-state index contributed by atoms with van der Waals surface area (Å²) < 4.78 is 5.41. The molecule has 0 saturated heterocycles. The van der Waals surface area contributed by atoms with Gasteiger partial charge in [-0.15, -0.1) is 0 Å². The molecule has 0 aliphatic rings. The summed E-state index contributed by atoms with van der Waals surface area (Å²) in [7, 11) is 0. The van der Waals surface area contributed by atoms with E-state index in [1.54, 1.807) is 44.7 Å². The zero-order chi connectivity index (χ0) is 27.5. The Labute approximate surface area is 220 Å². The predicted octanol–water partition coefficient (Wildman–Crippen LogP) is 5.01. The summed E-state index contributed by atoms with van der Waals surface area (Å²) in [5.74, 6) is -0.0896. The van der Waals surface area contributed by atoms with Gasteiger partial charge in [-0.3, -0.25) is 9.59 Å². The number of carbonyl (C=O) groups is 3. The first kappa shape index (κ1) is 31.6. The summed E-state index contributed by atoms with van der Waals surface area (Å²) >= 11 is 1.56. The number of amides is 3. The van der Waals surface area contributed by atoms with Crippen LogP contribution in [0.2, 0.25) is 0 Å². The minimum absolute atomic E-state index is 0.00315. The molecule has 1 aromatic carbocycles. The highest BCUT2D eigenvalue weighted by Gasteiger charge is 2.41. The number of carbonyl (C=O) groups excluding carboxylic acids is 3. The van der Waals surface area contributed by atoms with Crippen LogP contribution in [0.1, 0.15) is 85.8 Å². The van der Waals surface area contributed by atoms with Crippen molar-refractivity contribution in [3.05, 3.63) is 29.8 Å². The van der Waals surface area contributed by atoms with E-state index in [1.807, 2.05) is 27.0 Å².